The molecular formula is C58H69ClN10O6S2. The molecule has 5 atom stereocenters. The fraction of sp³-hybridized carbons (Fsp3) is 0.448. The van der Waals surface area contributed by atoms with Crippen LogP contribution in [0.1, 0.15) is 109 Å². The molecule has 3 N–H and O–H groups in total. The predicted octanol–water partition coefficient (Wildman–Crippen LogP) is 8.33. The molecule has 3 amide bonds. The number of likely N-dealkylation sites (tertiary alicyclic amines) is 1. The zero-order chi connectivity index (χ0) is 54.7. The van der Waals surface area contributed by atoms with Gasteiger partial charge in [-0.15, -0.1) is 32.9 Å². The molecule has 16 nitrogen and oxygen atoms in total. The third-order valence-electron chi connectivity index (χ3n) is 15.0. The second kappa shape index (κ2) is 23.8. The lowest BCUT2D eigenvalue weighted by Gasteiger charge is -2.36. The van der Waals surface area contributed by atoms with E-state index in [0.717, 1.165) is 92.4 Å². The van der Waals surface area contributed by atoms with Crippen molar-refractivity contribution in [3.8, 4) is 15.4 Å². The minimum Gasteiger partial charge on any atom is -0.391 e. The Kier molecular flexibility index (Phi) is 17.2. The number of hydrogen-bond donors (Lipinski definition) is 3. The van der Waals surface area contributed by atoms with Crippen molar-refractivity contribution in [1.82, 2.24) is 40.2 Å². The number of thiazole rings is 1. The number of rotatable bonds is 18. The number of piperazine rings is 1. The number of aliphatic imine (C=N–C) groups is 1. The summed E-state index contributed by atoms with van der Waals surface area (Å²) in [5.74, 6) is 0.320. The maximum atomic E-state index is 14.1. The summed E-state index contributed by atoms with van der Waals surface area (Å²) in [6, 6.07) is 21.6. The van der Waals surface area contributed by atoms with Crippen LogP contribution in [0.25, 0.3) is 15.4 Å². The predicted molar refractivity (Wildman–Crippen MR) is 303 cm³/mol. The number of ketones is 1. The minimum atomic E-state index is -0.924. The molecule has 2 fully saturated rings. The van der Waals surface area contributed by atoms with Crippen molar-refractivity contribution in [1.29, 1.82) is 0 Å². The van der Waals surface area contributed by atoms with E-state index in [1.165, 1.54) is 9.78 Å². The molecule has 3 aliphatic heterocycles. The van der Waals surface area contributed by atoms with E-state index in [9.17, 15) is 24.3 Å². The average Bonchev–Trinajstić information content (AvgIpc) is 4.31. The Morgan fingerprint density at radius 2 is 1.58 bits per heavy atom. The number of benzene rings is 3. The van der Waals surface area contributed by atoms with E-state index in [2.05, 4.69) is 78.3 Å². The SMILES string of the molecule is Cc1ncsc1-c1ccc(CCC(=O)[C@@H]2C[C@@H](O)CN2C(=O)[C@@H](NC(=O)COCCN2CCN(c3ccc([C@H](C)NC(=O)C[C@@H]4N=C(c5ccc(Cl)cc5)c5c(sc(C)c5C)-n5c(C)nnc54)cc3)CC2)C(C)(C)C)cc1. The highest BCUT2D eigenvalue weighted by atomic mass is 35.5. The van der Waals surface area contributed by atoms with E-state index >= 15 is 0 Å². The normalized spacial score (nSPS) is 18.5. The highest BCUT2D eigenvalue weighted by Crippen LogP contribution is 2.40. The zero-order valence-electron chi connectivity index (χ0n) is 45.1. The molecule has 3 aliphatic rings. The summed E-state index contributed by atoms with van der Waals surface area (Å²) in [7, 11) is 0. The number of β-amino-alcohol motifs (C(OH)–C–C–N with tert-alkyl or cyclic N) is 1. The van der Waals surface area contributed by atoms with Crippen molar-refractivity contribution in [2.45, 2.75) is 111 Å². The summed E-state index contributed by atoms with van der Waals surface area (Å²) in [5, 5.41) is 27.4. The number of nitrogens with zero attached hydrogens (tertiary/aromatic N) is 8. The van der Waals surface area contributed by atoms with E-state index in [0.29, 0.717) is 30.4 Å². The molecule has 406 valence electrons. The summed E-state index contributed by atoms with van der Waals surface area (Å²) in [4.78, 5) is 72.9. The number of aryl methyl sites for hydroxylation is 4. The number of hydrogen-bond acceptors (Lipinski definition) is 14. The molecule has 9 rings (SSSR count). The number of nitrogens with one attached hydrogen (secondary N) is 2. The maximum Gasteiger partial charge on any atom is 0.246 e. The minimum absolute atomic E-state index is 0.0323. The smallest absolute Gasteiger partial charge is 0.246 e. The third kappa shape index (κ3) is 12.7. The number of aromatic nitrogens is 4. The number of ether oxygens (including phenoxy) is 1. The van der Waals surface area contributed by atoms with Crippen LogP contribution < -0.4 is 15.5 Å². The number of anilines is 1. The van der Waals surface area contributed by atoms with Crippen molar-refractivity contribution in [2.24, 2.45) is 10.4 Å². The van der Waals surface area contributed by atoms with Crippen LogP contribution in [0.4, 0.5) is 5.69 Å². The van der Waals surface area contributed by atoms with Crippen LogP contribution in [0.3, 0.4) is 0 Å². The van der Waals surface area contributed by atoms with Crippen molar-refractivity contribution < 1.29 is 29.0 Å². The van der Waals surface area contributed by atoms with Crippen molar-refractivity contribution >= 4 is 69.2 Å². The van der Waals surface area contributed by atoms with Crippen molar-refractivity contribution in [3.05, 3.63) is 133 Å². The third-order valence-corrected chi connectivity index (χ3v) is 17.4. The van der Waals surface area contributed by atoms with Gasteiger partial charge in [0.2, 0.25) is 17.7 Å². The largest absolute Gasteiger partial charge is 0.391 e. The van der Waals surface area contributed by atoms with Crippen LogP contribution in [0.5, 0.6) is 0 Å². The first kappa shape index (κ1) is 55.6. The van der Waals surface area contributed by atoms with Gasteiger partial charge in [-0.05, 0) is 93.0 Å². The van der Waals surface area contributed by atoms with Crippen LogP contribution >= 0.6 is 34.3 Å². The van der Waals surface area contributed by atoms with E-state index in [1.807, 2.05) is 95.6 Å². The highest BCUT2D eigenvalue weighted by molar-refractivity contribution is 7.15. The molecule has 0 bridgehead atoms. The number of carbonyl (C=O) groups excluding carboxylic acids is 4. The summed E-state index contributed by atoms with van der Waals surface area (Å²) in [6.45, 7) is 19.8. The molecule has 6 heterocycles. The lowest BCUT2D eigenvalue weighted by Crippen LogP contribution is -2.57. The summed E-state index contributed by atoms with van der Waals surface area (Å²) in [5.41, 5.74) is 10.2. The number of amides is 3. The fourth-order valence-corrected chi connectivity index (χ4v) is 12.6. The molecule has 0 radical (unpaired) electrons. The number of aliphatic hydroxyl groups is 1. The molecule has 0 saturated carbocycles. The molecule has 2 saturated heterocycles. The number of aliphatic hydroxyl groups excluding tert-OH is 1. The van der Waals surface area contributed by atoms with E-state index < -0.39 is 35.6 Å². The second-order valence-electron chi connectivity index (χ2n) is 21.6. The summed E-state index contributed by atoms with van der Waals surface area (Å²) in [6.07, 6.45) is 0.166. The molecule has 0 aliphatic carbocycles. The van der Waals surface area contributed by atoms with Gasteiger partial charge < -0.3 is 30.3 Å². The van der Waals surface area contributed by atoms with Gasteiger partial charge in [0.05, 0.1) is 53.0 Å². The number of fused-ring (bicyclic) bond motifs is 3. The van der Waals surface area contributed by atoms with Gasteiger partial charge in [-0.2, -0.15) is 0 Å². The van der Waals surface area contributed by atoms with Crippen LogP contribution in [-0.2, 0) is 30.3 Å². The van der Waals surface area contributed by atoms with E-state index in [1.54, 1.807) is 22.7 Å². The maximum absolute atomic E-state index is 14.1. The van der Waals surface area contributed by atoms with Gasteiger partial charge in [-0.3, -0.25) is 33.6 Å². The molecule has 19 heteroatoms. The lowest BCUT2D eigenvalue weighted by molar-refractivity contribution is -0.144. The molecule has 0 unspecified atom stereocenters. The van der Waals surface area contributed by atoms with Gasteiger partial charge in [0.25, 0.3) is 0 Å². The Labute approximate surface area is 463 Å². The molecule has 3 aromatic heterocycles. The van der Waals surface area contributed by atoms with Gasteiger partial charge in [-0.25, -0.2) is 4.98 Å². The van der Waals surface area contributed by atoms with Crippen LogP contribution in [0, 0.1) is 33.1 Å². The van der Waals surface area contributed by atoms with E-state index in [-0.39, 0.29) is 56.1 Å². The molecule has 77 heavy (non-hydrogen) atoms. The monoisotopic (exact) mass is 1100 g/mol. The number of thiophene rings is 1. The van der Waals surface area contributed by atoms with Gasteiger partial charge in [0.15, 0.2) is 11.6 Å². The molecule has 0 spiro atoms. The molecule has 3 aromatic carbocycles. The first-order chi connectivity index (χ1) is 36.8. The van der Waals surface area contributed by atoms with E-state index in [4.69, 9.17) is 21.3 Å². The number of carbonyl (C=O) groups is 4. The summed E-state index contributed by atoms with van der Waals surface area (Å²) < 4.78 is 7.90. The van der Waals surface area contributed by atoms with Gasteiger partial charge in [0, 0.05) is 78.8 Å². The van der Waals surface area contributed by atoms with Crippen molar-refractivity contribution in [2.75, 3.05) is 57.4 Å². The standard InChI is InChI=1S/C58H69ClN10O6S2/c1-34-37(4)77-57-51(34)52(41-14-18-43(59)19-15-41)62-46(55-65-64-38(5)69(55)57)30-49(72)61-35(2)40-16-20-44(21-17-40)67-25-23-66(24-26-67)27-28-75-32-50(73)63-54(58(6,7)8)56(74)68-31-45(70)29-47(68)48(71)22-11-39-9-12-42(13-10-39)53-36(3)60-33-76-53/h9-10,12-21,33,35,45-47,54,70H,11,22-32H2,1-8H3,(H,61,72)(H,63,73)/t35-,45+,46-,47-,54+/m0/s1. The first-order valence-corrected chi connectivity index (χ1v) is 28.5. The van der Waals surface area contributed by atoms with Gasteiger partial charge in [-0.1, -0.05) is 80.9 Å². The summed E-state index contributed by atoms with van der Waals surface area (Å²) >= 11 is 9.56. The zero-order valence-corrected chi connectivity index (χ0v) is 47.5. The quantitative estimate of drug-likeness (QED) is 0.0703. The Balaban J connectivity index is 0.718. The van der Waals surface area contributed by atoms with Gasteiger partial charge in [0.1, 0.15) is 29.5 Å². The van der Waals surface area contributed by atoms with Crippen molar-refractivity contribution in [3.63, 3.8) is 0 Å². The number of halogens is 1. The second-order valence-corrected chi connectivity index (χ2v) is 24.1. The van der Waals surface area contributed by atoms with Crippen LogP contribution in [-0.4, -0.2) is 135 Å². The Morgan fingerprint density at radius 1 is 0.883 bits per heavy atom. The highest BCUT2D eigenvalue weighted by Gasteiger charge is 2.44. The molecular weight excluding hydrogens is 1030 g/mol. The fourth-order valence-electron chi connectivity index (χ4n) is 10.5. The average molecular weight is 1100 g/mol. The Bertz CT molecular complexity index is 3120. The lowest BCUT2D eigenvalue weighted by atomic mass is 9.85. The van der Waals surface area contributed by atoms with Crippen LogP contribution in [0.2, 0.25) is 5.02 Å². The number of Topliss-reactive ketones (excluding diaryl/α,β-unsaturated/α-hetero) is 1. The Hall–Kier alpha value is -6.15. The van der Waals surface area contributed by atoms with Gasteiger partial charge >= 0.3 is 0 Å². The molecule has 6 aromatic rings. The first-order valence-electron chi connectivity index (χ1n) is 26.4. The Morgan fingerprint density at radius 3 is 2.26 bits per heavy atom. The van der Waals surface area contributed by atoms with Crippen LogP contribution in [0.15, 0.2) is 83.3 Å². The topological polar surface area (TPSA) is 187 Å².